The van der Waals surface area contributed by atoms with Gasteiger partial charge in [-0.25, -0.2) is 9.59 Å². The fraction of sp³-hybridized carbons (Fsp3) is 0.0714. The molecule has 4 aromatic rings. The quantitative estimate of drug-likeness (QED) is 0.229. The highest BCUT2D eigenvalue weighted by Crippen LogP contribution is 2.30. The normalized spacial score (nSPS) is 14.4. The van der Waals surface area contributed by atoms with Gasteiger partial charge in [0.2, 0.25) is 0 Å². The van der Waals surface area contributed by atoms with Crippen molar-refractivity contribution in [1.82, 2.24) is 0 Å². The summed E-state index contributed by atoms with van der Waals surface area (Å²) in [6, 6.07) is 24.2. The highest BCUT2D eigenvalue weighted by molar-refractivity contribution is 6.06. The summed E-state index contributed by atoms with van der Waals surface area (Å²) in [5.41, 5.74) is 3.78. The van der Waals surface area contributed by atoms with Crippen LogP contribution in [0.25, 0.3) is 22.8 Å². The molecule has 33 heavy (non-hydrogen) atoms. The van der Waals surface area contributed by atoms with Crippen LogP contribution >= 0.6 is 0 Å². The van der Waals surface area contributed by atoms with Crippen molar-refractivity contribution in [2.75, 3.05) is 0 Å². The molecule has 1 aromatic heterocycles. The minimum atomic E-state index is -0.510. The molecule has 1 aliphatic rings. The molecular weight excluding hydrogens is 416 g/mol. The predicted molar refractivity (Wildman–Crippen MR) is 126 cm³/mol. The Bertz CT molecular complexity index is 1460. The lowest BCUT2D eigenvalue weighted by atomic mass is 10.1. The molecule has 0 spiro atoms. The molecule has 162 valence electrons. The third kappa shape index (κ3) is 4.48. The van der Waals surface area contributed by atoms with E-state index in [1.807, 2.05) is 73.7 Å². The number of cyclic esters (lactones) is 1. The number of benzene rings is 3. The second-order valence-electron chi connectivity index (χ2n) is 7.82. The van der Waals surface area contributed by atoms with Crippen LogP contribution in [0.2, 0.25) is 0 Å². The first kappa shape index (κ1) is 20.5. The zero-order valence-electron chi connectivity index (χ0n) is 17.9. The zero-order valence-corrected chi connectivity index (χ0v) is 17.9. The first-order chi connectivity index (χ1) is 16.0. The van der Waals surface area contributed by atoms with Crippen LogP contribution in [0.15, 0.2) is 99.7 Å². The van der Waals surface area contributed by atoms with E-state index in [4.69, 9.17) is 13.9 Å². The third-order valence-corrected chi connectivity index (χ3v) is 5.37. The average molecular weight is 436 g/mol. The van der Waals surface area contributed by atoms with Crippen LogP contribution in [0.3, 0.4) is 0 Å². The van der Waals surface area contributed by atoms with Gasteiger partial charge in [-0.05, 0) is 42.3 Å². The van der Waals surface area contributed by atoms with Crippen LogP contribution in [0.5, 0.6) is 5.75 Å². The third-order valence-electron chi connectivity index (χ3n) is 5.37. The summed E-state index contributed by atoms with van der Waals surface area (Å²) in [5.74, 6) is 0.603. The molecule has 0 amide bonds. The molecular formula is C28H20O5. The number of esters is 1. The molecule has 0 saturated heterocycles. The van der Waals surface area contributed by atoms with E-state index < -0.39 is 11.6 Å². The van der Waals surface area contributed by atoms with Crippen LogP contribution in [-0.4, -0.2) is 5.97 Å². The maximum absolute atomic E-state index is 12.5. The fourth-order valence-electron chi connectivity index (χ4n) is 3.63. The van der Waals surface area contributed by atoms with E-state index in [0.29, 0.717) is 40.2 Å². The lowest BCUT2D eigenvalue weighted by Gasteiger charge is -2.08. The summed E-state index contributed by atoms with van der Waals surface area (Å²) in [4.78, 5) is 24.7. The van der Waals surface area contributed by atoms with Gasteiger partial charge in [0.05, 0.1) is 5.57 Å². The highest BCUT2D eigenvalue weighted by Gasteiger charge is 2.22. The fourth-order valence-corrected chi connectivity index (χ4v) is 3.63. The summed E-state index contributed by atoms with van der Waals surface area (Å²) in [6.07, 6.45) is 3.33. The van der Waals surface area contributed by atoms with E-state index in [9.17, 15) is 9.59 Å². The molecule has 5 nitrogen and oxygen atoms in total. The molecule has 2 heterocycles. The van der Waals surface area contributed by atoms with Gasteiger partial charge >= 0.3 is 11.6 Å². The maximum atomic E-state index is 12.5. The number of aryl methyl sites for hydroxylation is 1. The molecule has 0 N–H and O–H groups in total. The van der Waals surface area contributed by atoms with E-state index in [1.54, 1.807) is 18.2 Å². The Hall–Kier alpha value is -4.38. The smallest absolute Gasteiger partial charge is 0.343 e. The topological polar surface area (TPSA) is 65.7 Å². The van der Waals surface area contributed by atoms with Crippen LogP contribution in [0.1, 0.15) is 22.3 Å². The number of carbonyl (C=O) groups excluding carboxylic acids is 1. The van der Waals surface area contributed by atoms with Crippen molar-refractivity contribution in [3.8, 4) is 5.75 Å². The van der Waals surface area contributed by atoms with Gasteiger partial charge in [0.1, 0.15) is 23.7 Å². The molecule has 1 aliphatic heterocycles. The van der Waals surface area contributed by atoms with Crippen LogP contribution in [0.4, 0.5) is 0 Å². The number of rotatable bonds is 5. The van der Waals surface area contributed by atoms with E-state index in [1.165, 1.54) is 6.07 Å². The van der Waals surface area contributed by atoms with E-state index in [0.717, 1.165) is 16.7 Å². The minimum absolute atomic E-state index is 0.363. The minimum Gasteiger partial charge on any atom is -0.489 e. The van der Waals surface area contributed by atoms with Crippen molar-refractivity contribution in [2.24, 2.45) is 0 Å². The molecule has 5 heteroatoms. The number of ether oxygens (including phenoxy) is 2. The van der Waals surface area contributed by atoms with Crippen LogP contribution in [0, 0.1) is 6.92 Å². The number of carbonyl (C=O) groups is 1. The molecule has 0 radical (unpaired) electrons. The molecule has 0 fully saturated rings. The second kappa shape index (κ2) is 8.63. The number of hydrogen-bond acceptors (Lipinski definition) is 5. The van der Waals surface area contributed by atoms with E-state index >= 15 is 0 Å². The van der Waals surface area contributed by atoms with Gasteiger partial charge in [-0.1, -0.05) is 60.2 Å². The lowest BCUT2D eigenvalue weighted by molar-refractivity contribution is -0.130. The van der Waals surface area contributed by atoms with Gasteiger partial charge in [-0.3, -0.25) is 0 Å². The Balaban J connectivity index is 1.46. The Morgan fingerprint density at radius 2 is 1.70 bits per heavy atom. The van der Waals surface area contributed by atoms with Crippen molar-refractivity contribution in [1.29, 1.82) is 0 Å². The van der Waals surface area contributed by atoms with Crippen molar-refractivity contribution < 1.29 is 18.7 Å². The van der Waals surface area contributed by atoms with Crippen molar-refractivity contribution in [3.63, 3.8) is 0 Å². The maximum Gasteiger partial charge on any atom is 0.343 e. The summed E-state index contributed by atoms with van der Waals surface area (Å²) in [6.45, 7) is 2.40. The van der Waals surface area contributed by atoms with Gasteiger partial charge in [-0.2, -0.15) is 0 Å². The molecule has 3 aromatic carbocycles. The molecule has 0 unspecified atom stereocenters. The number of fused-ring (bicyclic) bond motifs is 1. The van der Waals surface area contributed by atoms with Gasteiger partial charge in [-0.15, -0.1) is 0 Å². The molecule has 0 atom stereocenters. The van der Waals surface area contributed by atoms with Crippen molar-refractivity contribution in [3.05, 3.63) is 123 Å². The Morgan fingerprint density at radius 1 is 0.909 bits per heavy atom. The molecule has 0 saturated carbocycles. The summed E-state index contributed by atoms with van der Waals surface area (Å²) in [5, 5.41) is 0.694. The second-order valence-corrected chi connectivity index (χ2v) is 7.82. The molecule has 0 bridgehead atoms. The largest absolute Gasteiger partial charge is 0.489 e. The van der Waals surface area contributed by atoms with Crippen LogP contribution in [-0.2, 0) is 16.1 Å². The summed E-state index contributed by atoms with van der Waals surface area (Å²) >= 11 is 0. The van der Waals surface area contributed by atoms with E-state index in [2.05, 4.69) is 0 Å². The average Bonchev–Trinajstić information content (AvgIpc) is 3.18. The van der Waals surface area contributed by atoms with Gasteiger partial charge in [0.15, 0.2) is 0 Å². The van der Waals surface area contributed by atoms with Crippen LogP contribution < -0.4 is 10.4 Å². The monoisotopic (exact) mass is 436 g/mol. The van der Waals surface area contributed by atoms with Gasteiger partial charge in [0, 0.05) is 23.1 Å². The molecule has 0 aliphatic carbocycles. The Morgan fingerprint density at radius 3 is 2.48 bits per heavy atom. The van der Waals surface area contributed by atoms with E-state index in [-0.39, 0.29) is 0 Å². The Kier molecular flexibility index (Phi) is 5.37. The standard InChI is InChI=1S/C28H20O5/c1-18-7-9-20(10-8-18)25-14-22(28(30)33-25)13-21-15-27(29)32-26-16-23(11-12-24(21)26)31-17-19-5-3-2-4-6-19/h2-16H,17H2,1H3/b22-13-. The lowest BCUT2D eigenvalue weighted by Crippen LogP contribution is -2.01. The first-order valence-electron chi connectivity index (χ1n) is 10.5. The van der Waals surface area contributed by atoms with Crippen molar-refractivity contribution in [2.45, 2.75) is 13.5 Å². The zero-order chi connectivity index (χ0) is 22.8. The number of hydrogen-bond donors (Lipinski definition) is 0. The first-order valence-corrected chi connectivity index (χ1v) is 10.5. The highest BCUT2D eigenvalue weighted by atomic mass is 16.5. The van der Waals surface area contributed by atoms with Gasteiger partial charge < -0.3 is 13.9 Å². The summed E-state index contributed by atoms with van der Waals surface area (Å²) < 4.78 is 16.7. The SMILES string of the molecule is Cc1ccc(C2=C/C(=C/c3cc(=O)oc4cc(OCc5ccccc5)ccc34)C(=O)O2)cc1. The Labute approximate surface area is 190 Å². The van der Waals surface area contributed by atoms with Crippen molar-refractivity contribution >= 4 is 28.8 Å². The summed E-state index contributed by atoms with van der Waals surface area (Å²) in [7, 11) is 0. The predicted octanol–water partition coefficient (Wildman–Crippen LogP) is 5.66. The van der Waals surface area contributed by atoms with Gasteiger partial charge in [0.25, 0.3) is 0 Å². The molecule has 5 rings (SSSR count).